The van der Waals surface area contributed by atoms with Gasteiger partial charge in [-0.1, -0.05) is 6.07 Å². The summed E-state index contributed by atoms with van der Waals surface area (Å²) in [6, 6.07) is 11.6. The minimum atomic E-state index is -4.38. The second-order valence-corrected chi connectivity index (χ2v) is 4.91. The van der Waals surface area contributed by atoms with Gasteiger partial charge in [0.1, 0.15) is 5.75 Å². The Morgan fingerprint density at radius 1 is 1.13 bits per heavy atom. The number of nitrogens with one attached hydrogen (secondary N) is 1. The zero-order chi connectivity index (χ0) is 16.9. The lowest BCUT2D eigenvalue weighted by Gasteiger charge is -2.10. The van der Waals surface area contributed by atoms with Crippen LogP contribution in [0.5, 0.6) is 5.75 Å². The second-order valence-electron chi connectivity index (χ2n) is 4.91. The van der Waals surface area contributed by atoms with Crippen molar-refractivity contribution in [3.8, 4) is 5.75 Å². The first-order chi connectivity index (χ1) is 10.9. The van der Waals surface area contributed by atoms with Crippen molar-refractivity contribution >= 4 is 11.5 Å². The third kappa shape index (κ3) is 4.74. The third-order valence-electron chi connectivity index (χ3n) is 3.28. The Bertz CT molecular complexity index is 666. The first-order valence-corrected chi connectivity index (χ1v) is 6.98. The molecule has 0 aliphatic rings. The van der Waals surface area contributed by atoms with Gasteiger partial charge in [-0.2, -0.15) is 13.2 Å². The number of methoxy groups -OCH3 is 1. The van der Waals surface area contributed by atoms with E-state index in [0.717, 1.165) is 12.1 Å². The van der Waals surface area contributed by atoms with Crippen molar-refractivity contribution in [2.75, 3.05) is 19.0 Å². The van der Waals surface area contributed by atoms with Gasteiger partial charge in [0.15, 0.2) is 5.78 Å². The number of rotatable bonds is 6. The van der Waals surface area contributed by atoms with E-state index >= 15 is 0 Å². The van der Waals surface area contributed by atoms with Crippen LogP contribution in [-0.4, -0.2) is 19.4 Å². The molecule has 3 nitrogen and oxygen atoms in total. The lowest BCUT2D eigenvalue weighted by atomic mass is 10.1. The van der Waals surface area contributed by atoms with E-state index in [4.69, 9.17) is 4.74 Å². The number of benzene rings is 2. The number of ketones is 1. The van der Waals surface area contributed by atoms with Crippen molar-refractivity contribution in [1.29, 1.82) is 0 Å². The first kappa shape index (κ1) is 16.9. The average Bonchev–Trinajstić information content (AvgIpc) is 2.54. The SMILES string of the molecule is COc1ccc(C(=O)CCNc2cccc(C(F)(F)F)c2)cc1. The molecular formula is C17H16F3NO2. The van der Waals surface area contributed by atoms with Gasteiger partial charge in [0, 0.05) is 24.2 Å². The van der Waals surface area contributed by atoms with Crippen LogP contribution in [0.3, 0.4) is 0 Å². The summed E-state index contributed by atoms with van der Waals surface area (Å²) in [6.45, 7) is 0.256. The number of halogens is 3. The van der Waals surface area contributed by atoms with Gasteiger partial charge in [0.05, 0.1) is 12.7 Å². The number of carbonyl (C=O) groups is 1. The molecule has 2 aromatic rings. The molecule has 0 amide bonds. The van der Waals surface area contributed by atoms with Gasteiger partial charge in [-0.05, 0) is 42.5 Å². The standard InChI is InChI=1S/C17H16F3NO2/c1-23-15-7-5-12(6-8-15)16(22)9-10-21-14-4-2-3-13(11-14)17(18,19)20/h2-8,11,21H,9-10H2,1H3. The number of anilines is 1. The predicted molar refractivity (Wildman–Crippen MR) is 81.9 cm³/mol. The highest BCUT2D eigenvalue weighted by Gasteiger charge is 2.30. The lowest BCUT2D eigenvalue weighted by molar-refractivity contribution is -0.137. The molecule has 0 bridgehead atoms. The fraction of sp³-hybridized carbons (Fsp3) is 0.235. The fourth-order valence-corrected chi connectivity index (χ4v) is 2.05. The fourth-order valence-electron chi connectivity index (χ4n) is 2.05. The number of Topliss-reactive ketones (excluding diaryl/α,β-unsaturated/α-hetero) is 1. The van der Waals surface area contributed by atoms with Crippen LogP contribution in [0.2, 0.25) is 0 Å². The van der Waals surface area contributed by atoms with Crippen LogP contribution in [0.4, 0.5) is 18.9 Å². The van der Waals surface area contributed by atoms with E-state index in [1.165, 1.54) is 19.2 Å². The van der Waals surface area contributed by atoms with Crippen molar-refractivity contribution in [3.05, 3.63) is 59.7 Å². The molecule has 122 valence electrons. The molecule has 0 spiro atoms. The van der Waals surface area contributed by atoms with Crippen LogP contribution in [0.1, 0.15) is 22.3 Å². The molecule has 0 aliphatic heterocycles. The van der Waals surface area contributed by atoms with E-state index in [1.807, 2.05) is 0 Å². The maximum Gasteiger partial charge on any atom is 0.416 e. The van der Waals surface area contributed by atoms with Gasteiger partial charge >= 0.3 is 6.18 Å². The van der Waals surface area contributed by atoms with Crippen molar-refractivity contribution in [3.63, 3.8) is 0 Å². The number of alkyl halides is 3. The Labute approximate surface area is 132 Å². The Balaban J connectivity index is 1.90. The topological polar surface area (TPSA) is 38.3 Å². The molecule has 0 aliphatic carbocycles. The van der Waals surface area contributed by atoms with Crippen molar-refractivity contribution < 1.29 is 22.7 Å². The van der Waals surface area contributed by atoms with Crippen molar-refractivity contribution in [2.45, 2.75) is 12.6 Å². The van der Waals surface area contributed by atoms with E-state index in [9.17, 15) is 18.0 Å². The smallest absolute Gasteiger partial charge is 0.416 e. The summed E-state index contributed by atoms with van der Waals surface area (Å²) in [5.41, 5.74) is 0.156. The van der Waals surface area contributed by atoms with Gasteiger partial charge in [0.2, 0.25) is 0 Å². The highest BCUT2D eigenvalue weighted by atomic mass is 19.4. The van der Waals surface area contributed by atoms with Crippen molar-refractivity contribution in [2.24, 2.45) is 0 Å². The molecule has 6 heteroatoms. The molecule has 0 saturated carbocycles. The molecular weight excluding hydrogens is 307 g/mol. The number of hydrogen-bond donors (Lipinski definition) is 1. The van der Waals surface area contributed by atoms with Gasteiger partial charge in [0.25, 0.3) is 0 Å². The maximum atomic E-state index is 12.6. The highest BCUT2D eigenvalue weighted by molar-refractivity contribution is 5.96. The predicted octanol–water partition coefficient (Wildman–Crippen LogP) is 4.40. The summed E-state index contributed by atoms with van der Waals surface area (Å²) < 4.78 is 42.8. The zero-order valence-electron chi connectivity index (χ0n) is 12.5. The quantitative estimate of drug-likeness (QED) is 0.801. The molecule has 0 fully saturated rings. The molecule has 0 heterocycles. The Hall–Kier alpha value is -2.50. The van der Waals surface area contributed by atoms with E-state index in [0.29, 0.717) is 17.0 Å². The van der Waals surface area contributed by atoms with E-state index < -0.39 is 11.7 Å². The van der Waals surface area contributed by atoms with Gasteiger partial charge in [-0.15, -0.1) is 0 Å². The zero-order valence-corrected chi connectivity index (χ0v) is 12.5. The van der Waals surface area contributed by atoms with E-state index in [-0.39, 0.29) is 18.7 Å². The molecule has 0 radical (unpaired) electrons. The molecule has 1 N–H and O–H groups in total. The number of carbonyl (C=O) groups excluding carboxylic acids is 1. The minimum Gasteiger partial charge on any atom is -0.497 e. The van der Waals surface area contributed by atoms with E-state index in [1.54, 1.807) is 24.3 Å². The van der Waals surface area contributed by atoms with Gasteiger partial charge in [-0.25, -0.2) is 0 Å². The summed E-state index contributed by atoms with van der Waals surface area (Å²) in [7, 11) is 1.54. The molecule has 2 aromatic carbocycles. The van der Waals surface area contributed by atoms with Crippen LogP contribution in [-0.2, 0) is 6.18 Å². The summed E-state index contributed by atoms with van der Waals surface area (Å²) in [4.78, 5) is 12.0. The molecule has 0 aromatic heterocycles. The summed E-state index contributed by atoms with van der Waals surface area (Å²) in [6.07, 6.45) is -4.20. The number of ether oxygens (including phenoxy) is 1. The molecule has 0 unspecified atom stereocenters. The average molecular weight is 323 g/mol. The van der Waals surface area contributed by atoms with E-state index in [2.05, 4.69) is 5.32 Å². The Kier molecular flexibility index (Phi) is 5.26. The van der Waals surface area contributed by atoms with Crippen molar-refractivity contribution in [1.82, 2.24) is 0 Å². The normalized spacial score (nSPS) is 11.1. The van der Waals surface area contributed by atoms with Crippen LogP contribution in [0.25, 0.3) is 0 Å². The Morgan fingerprint density at radius 2 is 1.83 bits per heavy atom. The molecule has 23 heavy (non-hydrogen) atoms. The third-order valence-corrected chi connectivity index (χ3v) is 3.28. The number of hydrogen-bond acceptors (Lipinski definition) is 3. The summed E-state index contributed by atoms with van der Waals surface area (Å²) in [5, 5.41) is 2.83. The van der Waals surface area contributed by atoms with Gasteiger partial charge in [-0.3, -0.25) is 4.79 Å². The second kappa shape index (κ2) is 7.17. The first-order valence-electron chi connectivity index (χ1n) is 6.98. The largest absolute Gasteiger partial charge is 0.497 e. The summed E-state index contributed by atoms with van der Waals surface area (Å²) in [5.74, 6) is 0.566. The summed E-state index contributed by atoms with van der Waals surface area (Å²) >= 11 is 0. The monoisotopic (exact) mass is 323 g/mol. The highest BCUT2D eigenvalue weighted by Crippen LogP contribution is 2.30. The minimum absolute atomic E-state index is 0.0906. The van der Waals surface area contributed by atoms with Crippen LogP contribution < -0.4 is 10.1 Å². The molecule has 2 rings (SSSR count). The van der Waals surface area contributed by atoms with Gasteiger partial charge < -0.3 is 10.1 Å². The maximum absolute atomic E-state index is 12.6. The van der Waals surface area contributed by atoms with Crippen LogP contribution >= 0.6 is 0 Å². The Morgan fingerprint density at radius 3 is 2.43 bits per heavy atom. The van der Waals surface area contributed by atoms with Crippen LogP contribution in [0, 0.1) is 0 Å². The lowest BCUT2D eigenvalue weighted by Crippen LogP contribution is -2.10. The molecule has 0 saturated heterocycles. The van der Waals surface area contributed by atoms with Crippen LogP contribution in [0.15, 0.2) is 48.5 Å². The molecule has 0 atom stereocenters.